The monoisotopic (exact) mass is 312 g/mol. The summed E-state index contributed by atoms with van der Waals surface area (Å²) >= 11 is 3.47. The van der Waals surface area contributed by atoms with Gasteiger partial charge in [0.15, 0.2) is 0 Å². The van der Waals surface area contributed by atoms with E-state index in [-0.39, 0.29) is 12.1 Å². The first kappa shape index (κ1) is 14.0. The Morgan fingerprint density at radius 3 is 2.56 bits per heavy atom. The van der Waals surface area contributed by atoms with E-state index < -0.39 is 0 Å². The Balaban J connectivity index is 2.19. The molecule has 2 rings (SSSR count). The van der Waals surface area contributed by atoms with E-state index in [2.05, 4.69) is 59.1 Å². The highest BCUT2D eigenvalue weighted by Crippen LogP contribution is 2.27. The Kier molecular flexibility index (Phi) is 4.78. The molecule has 1 fully saturated rings. The smallest absolute Gasteiger partial charge is 0.0622 e. The van der Waals surface area contributed by atoms with E-state index in [1.807, 2.05) is 0 Å². The number of nitrogens with two attached hydrogens (primary N) is 1. The molecule has 3 atom stereocenters. The molecule has 1 saturated heterocycles. The van der Waals surface area contributed by atoms with Crippen molar-refractivity contribution in [3.63, 3.8) is 0 Å². The molecule has 1 aliphatic heterocycles. The van der Waals surface area contributed by atoms with Gasteiger partial charge in [0.2, 0.25) is 0 Å². The van der Waals surface area contributed by atoms with Crippen LogP contribution in [0.4, 0.5) is 0 Å². The van der Waals surface area contributed by atoms with Gasteiger partial charge in [-0.3, -0.25) is 4.90 Å². The van der Waals surface area contributed by atoms with Crippen LogP contribution in [0.15, 0.2) is 28.7 Å². The van der Waals surface area contributed by atoms with E-state index in [0.717, 1.165) is 24.1 Å². The first-order valence-electron chi connectivity index (χ1n) is 6.40. The van der Waals surface area contributed by atoms with Gasteiger partial charge in [-0.25, -0.2) is 0 Å². The fourth-order valence-electron chi connectivity index (χ4n) is 2.64. The Morgan fingerprint density at radius 2 is 2.06 bits per heavy atom. The quantitative estimate of drug-likeness (QED) is 0.928. The Morgan fingerprint density at radius 1 is 1.39 bits per heavy atom. The topological polar surface area (TPSA) is 38.5 Å². The molecule has 0 aromatic heterocycles. The van der Waals surface area contributed by atoms with Gasteiger partial charge in [-0.15, -0.1) is 0 Å². The highest BCUT2D eigenvalue weighted by molar-refractivity contribution is 9.10. The number of hydrogen-bond donors (Lipinski definition) is 1. The minimum absolute atomic E-state index is 0.0942. The van der Waals surface area contributed by atoms with Crippen molar-refractivity contribution in [1.82, 2.24) is 4.90 Å². The molecule has 1 aromatic carbocycles. The number of halogens is 1. The summed E-state index contributed by atoms with van der Waals surface area (Å²) in [4.78, 5) is 2.36. The van der Waals surface area contributed by atoms with Crippen LogP contribution < -0.4 is 5.73 Å². The molecular weight excluding hydrogens is 292 g/mol. The molecule has 3 nitrogen and oxygen atoms in total. The van der Waals surface area contributed by atoms with Crippen LogP contribution in [-0.2, 0) is 4.74 Å². The number of ether oxygens (including phenoxy) is 1. The number of likely N-dealkylation sites (N-methyl/N-ethyl adjacent to an activating group) is 1. The van der Waals surface area contributed by atoms with E-state index in [1.165, 1.54) is 5.56 Å². The van der Waals surface area contributed by atoms with Gasteiger partial charge in [0, 0.05) is 29.2 Å². The zero-order valence-electron chi connectivity index (χ0n) is 11.0. The molecule has 2 N–H and O–H groups in total. The van der Waals surface area contributed by atoms with E-state index >= 15 is 0 Å². The fraction of sp³-hybridized carbons (Fsp3) is 0.571. The number of benzene rings is 1. The largest absolute Gasteiger partial charge is 0.380 e. The first-order valence-corrected chi connectivity index (χ1v) is 7.19. The maximum absolute atomic E-state index is 6.18. The maximum atomic E-state index is 6.18. The molecule has 0 amide bonds. The molecular formula is C14H21BrN2O. The van der Waals surface area contributed by atoms with Crippen LogP contribution in [0.3, 0.4) is 0 Å². The summed E-state index contributed by atoms with van der Waals surface area (Å²) in [5, 5.41) is 0. The Labute approximate surface area is 117 Å². The summed E-state index contributed by atoms with van der Waals surface area (Å²) in [5.74, 6) is 0. The van der Waals surface area contributed by atoms with Crippen LogP contribution in [-0.4, -0.2) is 37.2 Å². The molecule has 0 spiro atoms. The summed E-state index contributed by atoms with van der Waals surface area (Å²) in [6.45, 7) is 3.75. The predicted molar refractivity (Wildman–Crippen MR) is 77.5 cm³/mol. The minimum Gasteiger partial charge on any atom is -0.380 e. The molecule has 18 heavy (non-hydrogen) atoms. The lowest BCUT2D eigenvalue weighted by Crippen LogP contribution is -2.43. The van der Waals surface area contributed by atoms with Gasteiger partial charge < -0.3 is 10.5 Å². The van der Waals surface area contributed by atoms with Gasteiger partial charge >= 0.3 is 0 Å². The van der Waals surface area contributed by atoms with Crippen molar-refractivity contribution >= 4 is 15.9 Å². The second kappa shape index (κ2) is 6.15. The van der Waals surface area contributed by atoms with Crippen molar-refractivity contribution in [2.75, 3.05) is 20.3 Å². The van der Waals surface area contributed by atoms with Crippen molar-refractivity contribution in [3.8, 4) is 0 Å². The lowest BCUT2D eigenvalue weighted by atomic mass is 9.98. The zero-order chi connectivity index (χ0) is 13.1. The highest BCUT2D eigenvalue weighted by Gasteiger charge is 2.29. The Hall–Kier alpha value is -0.420. The summed E-state index contributed by atoms with van der Waals surface area (Å²) < 4.78 is 6.57. The maximum Gasteiger partial charge on any atom is 0.0622 e. The van der Waals surface area contributed by atoms with Crippen molar-refractivity contribution in [2.45, 2.75) is 31.5 Å². The van der Waals surface area contributed by atoms with Gasteiger partial charge in [0.1, 0.15) is 0 Å². The standard InChI is InChI=1S/C14H21BrN2O/c1-10(16)14(11-3-5-12(15)6-4-11)17(2)13-7-8-18-9-13/h3-6,10,13-14H,7-9,16H2,1-2H3. The third-order valence-corrected chi connectivity index (χ3v) is 4.16. The molecule has 3 unspecified atom stereocenters. The highest BCUT2D eigenvalue weighted by atomic mass is 79.9. The van der Waals surface area contributed by atoms with Crippen LogP contribution in [0.2, 0.25) is 0 Å². The number of nitrogens with zero attached hydrogens (tertiary/aromatic N) is 1. The van der Waals surface area contributed by atoms with Gasteiger partial charge in [-0.2, -0.15) is 0 Å². The average molecular weight is 313 g/mol. The second-order valence-corrected chi connectivity index (χ2v) is 5.95. The summed E-state index contributed by atoms with van der Waals surface area (Å²) in [6, 6.07) is 9.24. The van der Waals surface area contributed by atoms with Crippen LogP contribution in [0.1, 0.15) is 24.9 Å². The molecule has 100 valence electrons. The van der Waals surface area contributed by atoms with Gasteiger partial charge in [-0.05, 0) is 38.1 Å². The molecule has 0 aliphatic carbocycles. The molecule has 0 saturated carbocycles. The molecule has 4 heteroatoms. The molecule has 1 aromatic rings. The second-order valence-electron chi connectivity index (χ2n) is 5.04. The minimum atomic E-state index is 0.0942. The van der Waals surface area contributed by atoms with Gasteiger partial charge in [0.25, 0.3) is 0 Å². The van der Waals surface area contributed by atoms with Crippen LogP contribution in [0, 0.1) is 0 Å². The SMILES string of the molecule is CC(N)C(c1ccc(Br)cc1)N(C)C1CCOC1. The number of hydrogen-bond acceptors (Lipinski definition) is 3. The van der Waals surface area contributed by atoms with E-state index in [0.29, 0.717) is 6.04 Å². The third kappa shape index (κ3) is 3.12. The van der Waals surface area contributed by atoms with Crippen LogP contribution in [0.25, 0.3) is 0 Å². The van der Waals surface area contributed by atoms with E-state index in [4.69, 9.17) is 10.5 Å². The predicted octanol–water partition coefficient (Wildman–Crippen LogP) is 2.56. The zero-order valence-corrected chi connectivity index (χ0v) is 12.6. The molecule has 1 heterocycles. The fourth-order valence-corrected chi connectivity index (χ4v) is 2.90. The van der Waals surface area contributed by atoms with Crippen LogP contribution >= 0.6 is 15.9 Å². The summed E-state index contributed by atoms with van der Waals surface area (Å²) in [6.07, 6.45) is 1.09. The molecule has 0 bridgehead atoms. The van der Waals surface area contributed by atoms with Crippen molar-refractivity contribution in [2.24, 2.45) is 5.73 Å². The normalized spacial score (nSPS) is 23.3. The van der Waals surface area contributed by atoms with Crippen molar-refractivity contribution in [3.05, 3.63) is 34.3 Å². The van der Waals surface area contributed by atoms with Gasteiger partial charge in [0.05, 0.1) is 6.61 Å². The van der Waals surface area contributed by atoms with Crippen molar-refractivity contribution in [1.29, 1.82) is 0 Å². The van der Waals surface area contributed by atoms with Crippen molar-refractivity contribution < 1.29 is 4.74 Å². The van der Waals surface area contributed by atoms with Crippen LogP contribution in [0.5, 0.6) is 0 Å². The number of rotatable bonds is 4. The summed E-state index contributed by atoms with van der Waals surface area (Å²) in [5.41, 5.74) is 7.45. The molecule has 1 aliphatic rings. The molecule has 0 radical (unpaired) electrons. The summed E-state index contributed by atoms with van der Waals surface area (Å²) in [7, 11) is 2.15. The Bertz CT molecular complexity index is 374. The lowest BCUT2D eigenvalue weighted by Gasteiger charge is -2.35. The van der Waals surface area contributed by atoms with E-state index in [1.54, 1.807) is 0 Å². The van der Waals surface area contributed by atoms with Gasteiger partial charge in [-0.1, -0.05) is 28.1 Å². The first-order chi connectivity index (χ1) is 8.59. The average Bonchev–Trinajstić information content (AvgIpc) is 2.85. The van der Waals surface area contributed by atoms with E-state index in [9.17, 15) is 0 Å². The third-order valence-electron chi connectivity index (χ3n) is 3.63. The lowest BCUT2D eigenvalue weighted by molar-refractivity contribution is 0.123.